The van der Waals surface area contributed by atoms with Crippen LogP contribution in [0, 0.1) is 0 Å². The van der Waals surface area contributed by atoms with Crippen LogP contribution in [0.2, 0.25) is 0 Å². The molecule has 6 nitrogen and oxygen atoms in total. The molecule has 1 amide bonds. The highest BCUT2D eigenvalue weighted by molar-refractivity contribution is 7.08. The Morgan fingerprint density at radius 2 is 2.30 bits per heavy atom. The number of furan rings is 1. The molecule has 1 aromatic carbocycles. The lowest BCUT2D eigenvalue weighted by molar-refractivity contribution is 0.0938. The van der Waals surface area contributed by atoms with Gasteiger partial charge in [0.2, 0.25) is 0 Å². The first-order valence-corrected chi connectivity index (χ1v) is 8.10. The molecule has 3 rings (SSSR count). The maximum atomic E-state index is 12.4. The number of rotatable bonds is 5. The second-order valence-electron chi connectivity index (χ2n) is 5.12. The highest BCUT2D eigenvalue weighted by atomic mass is 32.1. The van der Waals surface area contributed by atoms with Crippen molar-refractivity contribution in [2.75, 3.05) is 7.11 Å². The van der Waals surface area contributed by atoms with E-state index in [0.29, 0.717) is 34.1 Å². The van der Waals surface area contributed by atoms with Crippen molar-refractivity contribution in [3.8, 4) is 5.75 Å². The van der Waals surface area contributed by atoms with Crippen LogP contribution in [0.1, 0.15) is 41.0 Å². The second-order valence-corrected chi connectivity index (χ2v) is 5.88. The molecule has 120 valence electrons. The van der Waals surface area contributed by atoms with Crippen molar-refractivity contribution in [3.05, 3.63) is 40.6 Å². The van der Waals surface area contributed by atoms with Crippen LogP contribution in [0.4, 0.5) is 0 Å². The number of methoxy groups -OCH3 is 1. The Hall–Kier alpha value is -2.41. The van der Waals surface area contributed by atoms with Crippen molar-refractivity contribution in [3.63, 3.8) is 0 Å². The fourth-order valence-electron chi connectivity index (χ4n) is 2.38. The molecular weight excluding hydrogens is 314 g/mol. The smallest absolute Gasteiger partial charge is 0.265 e. The molecule has 0 bridgehead atoms. The fourth-order valence-corrected chi connectivity index (χ4v) is 3.03. The van der Waals surface area contributed by atoms with Gasteiger partial charge in [0, 0.05) is 5.39 Å². The van der Waals surface area contributed by atoms with Gasteiger partial charge in [-0.15, -0.1) is 5.10 Å². The standard InChI is InChI=1S/C16H17N3O3S/c1-4-11-15(23-19-18-11)16(20)17-9(2)13-8-10-6-5-7-12(21-3)14(10)22-13/h5-9H,4H2,1-3H3,(H,17,20)/t9-/m1/s1. The molecule has 0 aliphatic rings. The molecule has 0 saturated carbocycles. The predicted octanol–water partition coefficient (Wildman–Crippen LogP) is 3.35. The average molecular weight is 331 g/mol. The minimum absolute atomic E-state index is 0.184. The van der Waals surface area contributed by atoms with Crippen molar-refractivity contribution in [1.29, 1.82) is 0 Å². The molecule has 23 heavy (non-hydrogen) atoms. The van der Waals surface area contributed by atoms with Gasteiger partial charge in [-0.05, 0) is 37.0 Å². The highest BCUT2D eigenvalue weighted by Gasteiger charge is 2.20. The van der Waals surface area contributed by atoms with Gasteiger partial charge in [-0.1, -0.05) is 23.5 Å². The van der Waals surface area contributed by atoms with Crippen molar-refractivity contribution in [2.24, 2.45) is 0 Å². The van der Waals surface area contributed by atoms with Gasteiger partial charge in [0.25, 0.3) is 5.91 Å². The molecule has 0 aliphatic heterocycles. The zero-order valence-corrected chi connectivity index (χ0v) is 13.9. The quantitative estimate of drug-likeness (QED) is 0.776. The first-order chi connectivity index (χ1) is 11.1. The Balaban J connectivity index is 1.83. The molecule has 0 fully saturated rings. The van der Waals surface area contributed by atoms with Crippen LogP contribution in [0.5, 0.6) is 5.75 Å². The minimum Gasteiger partial charge on any atom is -0.493 e. The predicted molar refractivity (Wildman–Crippen MR) is 87.9 cm³/mol. The van der Waals surface area contributed by atoms with Crippen molar-refractivity contribution in [2.45, 2.75) is 26.3 Å². The molecule has 0 radical (unpaired) electrons. The van der Waals surface area contributed by atoms with E-state index in [1.807, 2.05) is 38.1 Å². The van der Waals surface area contributed by atoms with E-state index in [4.69, 9.17) is 9.15 Å². The monoisotopic (exact) mass is 331 g/mol. The number of nitrogens with one attached hydrogen (secondary N) is 1. The van der Waals surface area contributed by atoms with Crippen molar-refractivity contribution in [1.82, 2.24) is 14.9 Å². The van der Waals surface area contributed by atoms with E-state index in [-0.39, 0.29) is 11.9 Å². The van der Waals surface area contributed by atoms with Gasteiger partial charge in [-0.25, -0.2) is 0 Å². The Labute approximate surface area is 137 Å². The summed E-state index contributed by atoms with van der Waals surface area (Å²) in [6.07, 6.45) is 0.676. The number of hydrogen-bond acceptors (Lipinski definition) is 6. The molecule has 0 unspecified atom stereocenters. The van der Waals surface area contributed by atoms with Crippen LogP contribution in [-0.2, 0) is 6.42 Å². The van der Waals surface area contributed by atoms with Crippen LogP contribution in [-0.4, -0.2) is 22.6 Å². The number of aryl methyl sites for hydroxylation is 1. The maximum absolute atomic E-state index is 12.4. The molecule has 7 heteroatoms. The van der Waals surface area contributed by atoms with E-state index in [1.165, 1.54) is 0 Å². The van der Waals surface area contributed by atoms with E-state index < -0.39 is 0 Å². The lowest BCUT2D eigenvalue weighted by Crippen LogP contribution is -2.26. The number of ether oxygens (including phenoxy) is 1. The Morgan fingerprint density at radius 3 is 3.04 bits per heavy atom. The molecule has 1 atom stereocenters. The van der Waals surface area contributed by atoms with E-state index in [9.17, 15) is 4.79 Å². The number of carbonyl (C=O) groups excluding carboxylic acids is 1. The van der Waals surface area contributed by atoms with Gasteiger partial charge in [0.15, 0.2) is 11.3 Å². The largest absolute Gasteiger partial charge is 0.493 e. The van der Waals surface area contributed by atoms with Gasteiger partial charge in [-0.3, -0.25) is 4.79 Å². The van der Waals surface area contributed by atoms with Crippen molar-refractivity contribution >= 4 is 28.4 Å². The lowest BCUT2D eigenvalue weighted by atomic mass is 10.2. The summed E-state index contributed by atoms with van der Waals surface area (Å²) in [7, 11) is 1.60. The Bertz CT molecular complexity index is 840. The minimum atomic E-state index is -0.272. The SMILES string of the molecule is CCc1nnsc1C(=O)N[C@H](C)c1cc2cccc(OC)c2o1. The zero-order valence-electron chi connectivity index (χ0n) is 13.1. The van der Waals surface area contributed by atoms with E-state index in [1.54, 1.807) is 7.11 Å². The first-order valence-electron chi connectivity index (χ1n) is 7.32. The molecule has 0 aliphatic carbocycles. The summed E-state index contributed by atoms with van der Waals surface area (Å²) in [6, 6.07) is 7.33. The second kappa shape index (κ2) is 6.37. The number of carbonyl (C=O) groups is 1. The third-order valence-electron chi connectivity index (χ3n) is 3.62. The highest BCUT2D eigenvalue weighted by Crippen LogP contribution is 2.31. The summed E-state index contributed by atoms with van der Waals surface area (Å²) >= 11 is 1.11. The van der Waals surface area contributed by atoms with Crippen LogP contribution < -0.4 is 10.1 Å². The molecular formula is C16H17N3O3S. The molecule has 1 N–H and O–H groups in total. The summed E-state index contributed by atoms with van der Waals surface area (Å²) in [5.41, 5.74) is 1.39. The molecule has 0 spiro atoms. The van der Waals surface area contributed by atoms with Crippen molar-refractivity contribution < 1.29 is 13.9 Å². The molecule has 2 aromatic heterocycles. The van der Waals surface area contributed by atoms with Crippen LogP contribution in [0.25, 0.3) is 11.0 Å². The van der Waals surface area contributed by atoms with Gasteiger partial charge in [-0.2, -0.15) is 0 Å². The fraction of sp³-hybridized carbons (Fsp3) is 0.312. The molecule has 2 heterocycles. The summed E-state index contributed by atoms with van der Waals surface area (Å²) in [5, 5.41) is 7.83. The first kappa shape index (κ1) is 15.5. The van der Waals surface area contributed by atoms with E-state index >= 15 is 0 Å². The topological polar surface area (TPSA) is 77.2 Å². The Morgan fingerprint density at radius 1 is 1.48 bits per heavy atom. The van der Waals surface area contributed by atoms with E-state index in [0.717, 1.165) is 16.9 Å². The van der Waals surface area contributed by atoms with Crippen LogP contribution in [0.3, 0.4) is 0 Å². The number of fused-ring (bicyclic) bond motifs is 1. The zero-order chi connectivity index (χ0) is 16.4. The maximum Gasteiger partial charge on any atom is 0.265 e. The number of benzene rings is 1. The third-order valence-corrected chi connectivity index (χ3v) is 4.39. The van der Waals surface area contributed by atoms with Gasteiger partial charge >= 0.3 is 0 Å². The molecule has 0 saturated heterocycles. The van der Waals surface area contributed by atoms with Gasteiger partial charge < -0.3 is 14.5 Å². The van der Waals surface area contributed by atoms with E-state index in [2.05, 4.69) is 14.9 Å². The van der Waals surface area contributed by atoms with Gasteiger partial charge in [0.05, 0.1) is 18.8 Å². The summed E-state index contributed by atoms with van der Waals surface area (Å²) in [5.74, 6) is 1.16. The summed E-state index contributed by atoms with van der Waals surface area (Å²) in [6.45, 7) is 3.82. The summed E-state index contributed by atoms with van der Waals surface area (Å²) < 4.78 is 15.0. The molecule has 3 aromatic rings. The van der Waals surface area contributed by atoms with Crippen LogP contribution >= 0.6 is 11.5 Å². The third kappa shape index (κ3) is 2.92. The normalized spacial score (nSPS) is 12.3. The number of aromatic nitrogens is 2. The van der Waals surface area contributed by atoms with Crippen LogP contribution in [0.15, 0.2) is 28.7 Å². The Kier molecular flexibility index (Phi) is 4.29. The number of para-hydroxylation sites is 1. The number of nitrogens with zero attached hydrogens (tertiary/aromatic N) is 2. The number of hydrogen-bond donors (Lipinski definition) is 1. The average Bonchev–Trinajstić information content (AvgIpc) is 3.20. The lowest BCUT2D eigenvalue weighted by Gasteiger charge is -2.10. The summed E-state index contributed by atoms with van der Waals surface area (Å²) in [4.78, 5) is 12.9. The number of amides is 1. The van der Waals surface area contributed by atoms with Gasteiger partial charge in [0.1, 0.15) is 10.6 Å².